The normalized spacial score (nSPS) is 13.0. The van der Waals surface area contributed by atoms with Crippen LogP contribution in [-0.4, -0.2) is 43.5 Å². The van der Waals surface area contributed by atoms with E-state index in [1.165, 1.54) is 11.4 Å². The van der Waals surface area contributed by atoms with Crippen LogP contribution in [-0.2, 0) is 21.2 Å². The Bertz CT molecular complexity index is 689. The zero-order valence-corrected chi connectivity index (χ0v) is 17.0. The second kappa shape index (κ2) is 7.74. The van der Waals surface area contributed by atoms with E-state index in [2.05, 4.69) is 5.32 Å². The van der Waals surface area contributed by atoms with Crippen molar-refractivity contribution in [1.29, 1.82) is 0 Å². The van der Waals surface area contributed by atoms with Crippen LogP contribution in [0.25, 0.3) is 0 Å². The van der Waals surface area contributed by atoms with E-state index in [0.717, 1.165) is 12.0 Å². The van der Waals surface area contributed by atoms with Crippen LogP contribution in [0.5, 0.6) is 0 Å². The van der Waals surface area contributed by atoms with Gasteiger partial charge in [-0.05, 0) is 58.7 Å². The van der Waals surface area contributed by atoms with Gasteiger partial charge in [0, 0.05) is 13.6 Å². The van der Waals surface area contributed by atoms with E-state index in [1.807, 2.05) is 19.1 Å². The van der Waals surface area contributed by atoms with Gasteiger partial charge in [0.2, 0.25) is 10.0 Å². The van der Waals surface area contributed by atoms with Gasteiger partial charge >= 0.3 is 6.09 Å². The van der Waals surface area contributed by atoms with Crippen molar-refractivity contribution in [1.82, 2.24) is 9.62 Å². The van der Waals surface area contributed by atoms with Crippen LogP contribution >= 0.6 is 0 Å². The Kier molecular flexibility index (Phi) is 6.64. The van der Waals surface area contributed by atoms with Crippen LogP contribution < -0.4 is 5.32 Å². The van der Waals surface area contributed by atoms with Gasteiger partial charge in [0.05, 0.1) is 10.4 Å². The molecule has 1 aromatic rings. The Morgan fingerprint density at radius 3 is 2.08 bits per heavy atom. The van der Waals surface area contributed by atoms with Crippen molar-refractivity contribution in [2.75, 3.05) is 13.6 Å². The highest BCUT2D eigenvalue weighted by Crippen LogP contribution is 2.18. The first-order valence-corrected chi connectivity index (χ1v) is 9.77. The van der Waals surface area contributed by atoms with E-state index < -0.39 is 27.3 Å². The standard InChI is InChI=1S/C18H30N2O4S/c1-8-14-9-11-15(12-10-14)25(22,23)20(7)13-18(5,6)19-16(21)24-17(2,3)4/h9-12H,8,13H2,1-7H3,(H,19,21). The number of aryl methyl sites for hydroxylation is 1. The number of likely N-dealkylation sites (N-methyl/N-ethyl adjacent to an activating group) is 1. The Hall–Kier alpha value is -1.60. The molecule has 0 fully saturated rings. The summed E-state index contributed by atoms with van der Waals surface area (Å²) in [5.74, 6) is 0. The van der Waals surface area contributed by atoms with Gasteiger partial charge in [-0.25, -0.2) is 13.2 Å². The summed E-state index contributed by atoms with van der Waals surface area (Å²) in [6.07, 6.45) is 0.277. The second-order valence-electron chi connectivity index (χ2n) is 7.77. The number of nitrogens with zero attached hydrogens (tertiary/aromatic N) is 1. The Morgan fingerprint density at radius 1 is 1.12 bits per heavy atom. The largest absolute Gasteiger partial charge is 0.444 e. The van der Waals surface area contributed by atoms with E-state index >= 15 is 0 Å². The number of carbonyl (C=O) groups is 1. The molecule has 0 aliphatic heterocycles. The number of benzene rings is 1. The number of nitrogens with one attached hydrogen (secondary N) is 1. The maximum Gasteiger partial charge on any atom is 0.408 e. The summed E-state index contributed by atoms with van der Waals surface area (Å²) >= 11 is 0. The number of ether oxygens (including phenoxy) is 1. The van der Waals surface area contributed by atoms with Crippen LogP contribution in [0.4, 0.5) is 4.79 Å². The van der Waals surface area contributed by atoms with Gasteiger partial charge in [-0.2, -0.15) is 4.31 Å². The molecule has 1 N–H and O–H groups in total. The predicted molar refractivity (Wildman–Crippen MR) is 99.1 cm³/mol. The fourth-order valence-corrected chi connectivity index (χ4v) is 3.67. The molecule has 1 aromatic carbocycles. The maximum absolute atomic E-state index is 12.7. The first kappa shape index (κ1) is 21.4. The molecular formula is C18H30N2O4S. The average molecular weight is 371 g/mol. The molecule has 0 heterocycles. The summed E-state index contributed by atoms with van der Waals surface area (Å²) < 4.78 is 31.9. The van der Waals surface area contributed by atoms with Gasteiger partial charge in [-0.15, -0.1) is 0 Å². The van der Waals surface area contributed by atoms with Gasteiger partial charge in [0.1, 0.15) is 5.60 Å². The highest BCUT2D eigenvalue weighted by Gasteiger charge is 2.30. The smallest absolute Gasteiger partial charge is 0.408 e. The zero-order chi connectivity index (χ0) is 19.5. The summed E-state index contributed by atoms with van der Waals surface area (Å²) in [6, 6.07) is 6.84. The summed E-state index contributed by atoms with van der Waals surface area (Å²) in [6.45, 7) is 11.0. The third kappa shape index (κ3) is 6.66. The monoisotopic (exact) mass is 370 g/mol. The van der Waals surface area contributed by atoms with Gasteiger partial charge in [-0.3, -0.25) is 0 Å². The molecule has 0 unspecified atom stereocenters. The first-order valence-electron chi connectivity index (χ1n) is 8.33. The van der Waals surface area contributed by atoms with Crippen LogP contribution in [0.3, 0.4) is 0 Å². The van der Waals surface area contributed by atoms with Crippen LogP contribution in [0.1, 0.15) is 47.1 Å². The van der Waals surface area contributed by atoms with Crippen molar-refractivity contribution in [2.24, 2.45) is 0 Å². The molecule has 1 rings (SSSR count). The van der Waals surface area contributed by atoms with E-state index in [1.54, 1.807) is 46.8 Å². The molecule has 0 aliphatic rings. The Morgan fingerprint density at radius 2 is 1.64 bits per heavy atom. The number of carbonyl (C=O) groups excluding carboxylic acids is 1. The lowest BCUT2D eigenvalue weighted by Gasteiger charge is -2.32. The van der Waals surface area contributed by atoms with E-state index in [4.69, 9.17) is 4.74 Å². The van der Waals surface area contributed by atoms with Crippen LogP contribution in [0.2, 0.25) is 0 Å². The number of hydrogen-bond donors (Lipinski definition) is 1. The summed E-state index contributed by atoms with van der Waals surface area (Å²) in [7, 11) is -2.13. The molecule has 0 atom stereocenters. The molecular weight excluding hydrogens is 340 g/mol. The molecule has 0 bridgehead atoms. The summed E-state index contributed by atoms with van der Waals surface area (Å²) in [5, 5.41) is 2.72. The molecule has 1 amide bonds. The third-order valence-electron chi connectivity index (χ3n) is 3.50. The minimum Gasteiger partial charge on any atom is -0.444 e. The van der Waals surface area contributed by atoms with Crippen molar-refractivity contribution < 1.29 is 17.9 Å². The topological polar surface area (TPSA) is 75.7 Å². The fraction of sp³-hybridized carbons (Fsp3) is 0.611. The van der Waals surface area contributed by atoms with Crippen molar-refractivity contribution in [2.45, 2.75) is 64.0 Å². The van der Waals surface area contributed by atoms with Crippen molar-refractivity contribution in [3.63, 3.8) is 0 Å². The molecule has 0 spiro atoms. The molecule has 6 nitrogen and oxygen atoms in total. The molecule has 25 heavy (non-hydrogen) atoms. The number of hydrogen-bond acceptors (Lipinski definition) is 4. The first-order chi connectivity index (χ1) is 11.3. The second-order valence-corrected chi connectivity index (χ2v) is 9.81. The number of sulfonamides is 1. The third-order valence-corrected chi connectivity index (χ3v) is 5.31. The average Bonchev–Trinajstić information content (AvgIpc) is 2.43. The Labute approximate surface area is 151 Å². The van der Waals surface area contributed by atoms with Crippen molar-refractivity contribution in [3.05, 3.63) is 29.8 Å². The van der Waals surface area contributed by atoms with Gasteiger partial charge < -0.3 is 10.1 Å². The number of alkyl carbamates (subject to hydrolysis) is 1. The minimum absolute atomic E-state index is 0.115. The molecule has 0 aliphatic carbocycles. The molecule has 142 valence electrons. The molecule has 7 heteroatoms. The maximum atomic E-state index is 12.7. The van der Waals surface area contributed by atoms with E-state index in [9.17, 15) is 13.2 Å². The summed E-state index contributed by atoms with van der Waals surface area (Å²) in [5.41, 5.74) is -0.319. The van der Waals surface area contributed by atoms with Gasteiger partial charge in [0.15, 0.2) is 0 Å². The zero-order valence-electron chi connectivity index (χ0n) is 16.2. The predicted octanol–water partition coefficient (Wildman–Crippen LogP) is 3.17. The SMILES string of the molecule is CCc1ccc(S(=O)(=O)N(C)CC(C)(C)NC(=O)OC(C)(C)C)cc1. The molecule has 0 aromatic heterocycles. The summed E-state index contributed by atoms with van der Waals surface area (Å²) in [4.78, 5) is 12.2. The number of rotatable bonds is 6. The lowest BCUT2D eigenvalue weighted by molar-refractivity contribution is 0.0464. The minimum atomic E-state index is -3.63. The van der Waals surface area contributed by atoms with Gasteiger partial charge in [-0.1, -0.05) is 19.1 Å². The van der Waals surface area contributed by atoms with Crippen LogP contribution in [0, 0.1) is 0 Å². The Balaban J connectivity index is 2.83. The van der Waals surface area contributed by atoms with E-state index in [0.29, 0.717) is 0 Å². The highest BCUT2D eigenvalue weighted by molar-refractivity contribution is 7.89. The quantitative estimate of drug-likeness (QED) is 0.834. The fourth-order valence-electron chi connectivity index (χ4n) is 2.34. The van der Waals surface area contributed by atoms with Gasteiger partial charge in [0.25, 0.3) is 0 Å². The molecule has 0 radical (unpaired) electrons. The van der Waals surface area contributed by atoms with E-state index in [-0.39, 0.29) is 11.4 Å². The lowest BCUT2D eigenvalue weighted by atomic mass is 10.1. The lowest BCUT2D eigenvalue weighted by Crippen LogP contribution is -2.52. The molecule has 0 saturated carbocycles. The van der Waals surface area contributed by atoms with Crippen LogP contribution in [0.15, 0.2) is 29.2 Å². The molecule has 0 saturated heterocycles. The highest BCUT2D eigenvalue weighted by atomic mass is 32.2. The van der Waals surface area contributed by atoms with Crippen molar-refractivity contribution >= 4 is 16.1 Å². The number of amides is 1. The van der Waals surface area contributed by atoms with Crippen molar-refractivity contribution in [3.8, 4) is 0 Å².